The normalized spacial score (nSPS) is 10.6. The van der Waals surface area contributed by atoms with E-state index in [1.807, 2.05) is 0 Å². The molecule has 0 nitrogen and oxygen atoms in total. The third kappa shape index (κ3) is 2.27. The van der Waals surface area contributed by atoms with E-state index in [4.69, 9.17) is 0 Å². The molecule has 0 N–H and O–H groups in total. The van der Waals surface area contributed by atoms with Crippen molar-refractivity contribution in [3.8, 4) is 11.1 Å². The van der Waals surface area contributed by atoms with Gasteiger partial charge in [-0.3, -0.25) is 0 Å². The summed E-state index contributed by atoms with van der Waals surface area (Å²) in [4.78, 5) is 0. The highest BCUT2D eigenvalue weighted by Gasteiger charge is 2.07. The minimum absolute atomic E-state index is 0. The summed E-state index contributed by atoms with van der Waals surface area (Å²) in [6.07, 6.45) is 0. The van der Waals surface area contributed by atoms with E-state index in [0.29, 0.717) is 0 Å². The summed E-state index contributed by atoms with van der Waals surface area (Å²) in [5.41, 5.74) is 3.88. The minimum Gasteiger partial charge on any atom is -0.0776 e. The third-order valence-corrected chi connectivity index (χ3v) is 4.13. The van der Waals surface area contributed by atoms with Crippen molar-refractivity contribution in [1.82, 2.24) is 0 Å². The predicted octanol–water partition coefficient (Wildman–Crippen LogP) is 6.60. The van der Waals surface area contributed by atoms with Gasteiger partial charge in [-0.15, -0.1) is 0 Å². The molecule has 22 heavy (non-hydrogen) atoms. The van der Waals surface area contributed by atoms with E-state index >= 15 is 0 Å². The van der Waals surface area contributed by atoms with Crippen molar-refractivity contribution in [2.75, 3.05) is 0 Å². The van der Waals surface area contributed by atoms with Crippen LogP contribution in [0.1, 0.15) is 13.0 Å². The lowest BCUT2D eigenvalue weighted by Gasteiger charge is -2.11. The molecule has 4 rings (SSSR count). The van der Waals surface area contributed by atoms with Crippen molar-refractivity contribution >= 4 is 21.5 Å². The Morgan fingerprint density at radius 3 is 1.91 bits per heavy atom. The summed E-state index contributed by atoms with van der Waals surface area (Å²) in [7, 11) is 0. The number of hydrogen-bond acceptors (Lipinski definition) is 0. The zero-order valence-corrected chi connectivity index (χ0v) is 12.0. The fourth-order valence-electron chi connectivity index (χ4n) is 3.03. The van der Waals surface area contributed by atoms with Crippen molar-refractivity contribution in [1.29, 1.82) is 0 Å². The number of fused-ring (bicyclic) bond motifs is 3. The zero-order chi connectivity index (χ0) is 14.2. The van der Waals surface area contributed by atoms with Crippen LogP contribution in [0.3, 0.4) is 0 Å². The molecule has 108 valence electrons. The molecule has 0 saturated heterocycles. The van der Waals surface area contributed by atoms with Crippen LogP contribution in [-0.4, -0.2) is 0 Å². The van der Waals surface area contributed by atoms with E-state index in [0.717, 1.165) is 0 Å². The van der Waals surface area contributed by atoms with E-state index in [1.54, 1.807) is 0 Å². The second-order valence-corrected chi connectivity index (χ2v) is 5.56. The summed E-state index contributed by atoms with van der Waals surface area (Å²) >= 11 is 0. The lowest BCUT2D eigenvalue weighted by Crippen LogP contribution is -1.84. The molecular formula is C22H20. The van der Waals surface area contributed by atoms with Crippen LogP contribution >= 0.6 is 0 Å². The van der Waals surface area contributed by atoms with Crippen molar-refractivity contribution < 1.29 is 0 Å². The van der Waals surface area contributed by atoms with Gasteiger partial charge in [0.25, 0.3) is 0 Å². The van der Waals surface area contributed by atoms with Gasteiger partial charge in [0, 0.05) is 0 Å². The van der Waals surface area contributed by atoms with E-state index in [2.05, 4.69) is 85.8 Å². The lowest BCUT2D eigenvalue weighted by atomic mass is 9.93. The van der Waals surface area contributed by atoms with Crippen LogP contribution in [0.15, 0.2) is 78.9 Å². The Labute approximate surface area is 132 Å². The van der Waals surface area contributed by atoms with Gasteiger partial charge in [-0.25, -0.2) is 0 Å². The fourth-order valence-corrected chi connectivity index (χ4v) is 3.03. The molecular weight excluding hydrogens is 264 g/mol. The summed E-state index contributed by atoms with van der Waals surface area (Å²) in [6.45, 7) is 2.13. The molecule has 0 aromatic heterocycles. The quantitative estimate of drug-likeness (QED) is 0.345. The second-order valence-electron chi connectivity index (χ2n) is 5.56. The van der Waals surface area contributed by atoms with Crippen molar-refractivity contribution in [2.24, 2.45) is 0 Å². The second kappa shape index (κ2) is 5.65. The molecule has 0 saturated carbocycles. The Bertz CT molecular complexity index is 931. The smallest absolute Gasteiger partial charge is 0.00990 e. The van der Waals surface area contributed by atoms with Crippen LogP contribution in [0.4, 0.5) is 0 Å². The minimum atomic E-state index is 0. The molecule has 0 heterocycles. The van der Waals surface area contributed by atoms with Gasteiger partial charge in [0.2, 0.25) is 0 Å². The first-order chi connectivity index (χ1) is 10.3. The van der Waals surface area contributed by atoms with Gasteiger partial charge in [0.05, 0.1) is 0 Å². The first-order valence-electron chi connectivity index (χ1n) is 7.30. The standard InChI is InChI=1S/C21H16.CH4/c1-15-10-12-16(13-11-15)21-14-17-6-2-3-7-18(17)19-8-4-5-9-20(19)21;/h2-14H,1H3;1H4. The molecule has 4 aromatic rings. The number of aryl methyl sites for hydroxylation is 1. The molecule has 0 heteroatoms. The van der Waals surface area contributed by atoms with Crippen molar-refractivity contribution in [3.05, 3.63) is 84.4 Å². The molecule has 0 radical (unpaired) electrons. The topological polar surface area (TPSA) is 0 Å². The van der Waals surface area contributed by atoms with Gasteiger partial charge in [0.1, 0.15) is 0 Å². The third-order valence-electron chi connectivity index (χ3n) is 4.13. The largest absolute Gasteiger partial charge is 0.0776 e. The Kier molecular flexibility index (Phi) is 3.68. The highest BCUT2D eigenvalue weighted by Crippen LogP contribution is 2.34. The van der Waals surface area contributed by atoms with Gasteiger partial charge in [0.15, 0.2) is 0 Å². The van der Waals surface area contributed by atoms with Crippen LogP contribution in [0.2, 0.25) is 0 Å². The molecule has 0 bridgehead atoms. The maximum atomic E-state index is 2.31. The predicted molar refractivity (Wildman–Crippen MR) is 98.4 cm³/mol. The summed E-state index contributed by atoms with van der Waals surface area (Å²) in [6, 6.07) is 28.4. The molecule has 0 amide bonds. The molecule has 0 atom stereocenters. The van der Waals surface area contributed by atoms with E-state index in [-0.39, 0.29) is 7.43 Å². The summed E-state index contributed by atoms with van der Waals surface area (Å²) in [5, 5.41) is 5.27. The molecule has 0 spiro atoms. The number of benzene rings is 4. The Balaban J connectivity index is 0.00000144. The fraction of sp³-hybridized carbons (Fsp3) is 0.0909. The van der Waals surface area contributed by atoms with Crippen LogP contribution in [0, 0.1) is 6.92 Å². The first kappa shape index (κ1) is 14.3. The Morgan fingerprint density at radius 1 is 0.591 bits per heavy atom. The Hall–Kier alpha value is -2.60. The van der Waals surface area contributed by atoms with Crippen LogP contribution < -0.4 is 0 Å². The lowest BCUT2D eigenvalue weighted by molar-refractivity contribution is 1.47. The van der Waals surface area contributed by atoms with E-state index < -0.39 is 0 Å². The van der Waals surface area contributed by atoms with E-state index in [1.165, 1.54) is 38.2 Å². The monoisotopic (exact) mass is 284 g/mol. The van der Waals surface area contributed by atoms with E-state index in [9.17, 15) is 0 Å². The molecule has 0 aliphatic carbocycles. The van der Waals surface area contributed by atoms with Crippen molar-refractivity contribution in [2.45, 2.75) is 14.4 Å². The summed E-state index contributed by atoms with van der Waals surface area (Å²) < 4.78 is 0. The van der Waals surface area contributed by atoms with Crippen LogP contribution in [0.5, 0.6) is 0 Å². The highest BCUT2D eigenvalue weighted by molar-refractivity contribution is 6.13. The van der Waals surface area contributed by atoms with Gasteiger partial charge < -0.3 is 0 Å². The number of rotatable bonds is 1. The molecule has 4 aromatic carbocycles. The maximum absolute atomic E-state index is 2.31. The average molecular weight is 284 g/mol. The maximum Gasteiger partial charge on any atom is -0.00990 e. The number of hydrogen-bond donors (Lipinski definition) is 0. The SMILES string of the molecule is C.Cc1ccc(-c2cc3ccccc3c3ccccc23)cc1. The van der Waals surface area contributed by atoms with Gasteiger partial charge in [-0.05, 0) is 45.7 Å². The molecule has 0 aliphatic rings. The van der Waals surface area contributed by atoms with Gasteiger partial charge in [-0.1, -0.05) is 85.8 Å². The van der Waals surface area contributed by atoms with Gasteiger partial charge in [-0.2, -0.15) is 0 Å². The molecule has 0 unspecified atom stereocenters. The van der Waals surface area contributed by atoms with Crippen LogP contribution in [0.25, 0.3) is 32.7 Å². The molecule has 0 fully saturated rings. The van der Waals surface area contributed by atoms with Crippen LogP contribution in [-0.2, 0) is 0 Å². The first-order valence-corrected chi connectivity index (χ1v) is 7.30. The highest BCUT2D eigenvalue weighted by atomic mass is 14.1. The zero-order valence-electron chi connectivity index (χ0n) is 12.0. The van der Waals surface area contributed by atoms with Gasteiger partial charge >= 0.3 is 0 Å². The molecule has 0 aliphatic heterocycles. The average Bonchev–Trinajstić information content (AvgIpc) is 2.55. The Morgan fingerprint density at radius 2 is 1.18 bits per heavy atom. The van der Waals surface area contributed by atoms with Crippen molar-refractivity contribution in [3.63, 3.8) is 0 Å². The summed E-state index contributed by atoms with van der Waals surface area (Å²) in [5.74, 6) is 0.